The highest BCUT2D eigenvalue weighted by Gasteiger charge is 2.25. The van der Waals surface area contributed by atoms with Gasteiger partial charge in [-0.25, -0.2) is 14.8 Å². The first kappa shape index (κ1) is 17.1. The van der Waals surface area contributed by atoms with Gasteiger partial charge in [-0.05, 0) is 30.2 Å². The van der Waals surface area contributed by atoms with Gasteiger partial charge >= 0.3 is 5.97 Å². The summed E-state index contributed by atoms with van der Waals surface area (Å²) in [6, 6.07) is 11.1. The lowest BCUT2D eigenvalue weighted by Gasteiger charge is -2.07. The van der Waals surface area contributed by atoms with E-state index in [1.54, 1.807) is 16.9 Å². The number of nitrogens with zero attached hydrogens (tertiary/aromatic N) is 3. The molecule has 0 amide bonds. The molecule has 0 saturated heterocycles. The zero-order valence-corrected chi connectivity index (χ0v) is 15.2. The molecule has 0 fully saturated rings. The van der Waals surface area contributed by atoms with Crippen LogP contribution in [0.3, 0.4) is 0 Å². The monoisotopic (exact) mass is 364 g/mol. The van der Waals surface area contributed by atoms with Crippen molar-refractivity contribution in [3.05, 3.63) is 54.0 Å². The predicted octanol–water partition coefficient (Wildman–Crippen LogP) is 3.62. The van der Waals surface area contributed by atoms with Gasteiger partial charge in [-0.1, -0.05) is 26.0 Å². The van der Waals surface area contributed by atoms with Crippen LogP contribution in [-0.4, -0.2) is 27.1 Å². The molecule has 0 unspecified atom stereocenters. The third-order valence-corrected chi connectivity index (χ3v) is 4.24. The van der Waals surface area contributed by atoms with Crippen molar-refractivity contribution in [2.75, 3.05) is 12.3 Å². The molecule has 0 atom stereocenters. The summed E-state index contributed by atoms with van der Waals surface area (Å²) in [6.07, 6.45) is 1.59. The van der Waals surface area contributed by atoms with Gasteiger partial charge in [0, 0.05) is 0 Å². The van der Waals surface area contributed by atoms with Crippen molar-refractivity contribution in [1.82, 2.24) is 14.5 Å². The number of furan rings is 1. The molecule has 138 valence electrons. The normalized spacial score (nSPS) is 11.5. The summed E-state index contributed by atoms with van der Waals surface area (Å²) in [7, 11) is 0. The number of nitrogen functional groups attached to an aromatic ring is 1. The molecule has 4 aromatic rings. The number of nitrogens with two attached hydrogens (primary N) is 1. The van der Waals surface area contributed by atoms with Gasteiger partial charge in [0.05, 0.1) is 30.4 Å². The van der Waals surface area contributed by atoms with Gasteiger partial charge in [0.1, 0.15) is 22.7 Å². The summed E-state index contributed by atoms with van der Waals surface area (Å²) in [4.78, 5) is 22.1. The van der Waals surface area contributed by atoms with Crippen molar-refractivity contribution < 1.29 is 13.9 Å². The highest BCUT2D eigenvalue weighted by molar-refractivity contribution is 6.08. The number of ether oxygens (including phenoxy) is 1. The largest absolute Gasteiger partial charge is 0.467 e. The van der Waals surface area contributed by atoms with E-state index in [2.05, 4.69) is 9.97 Å². The number of anilines is 1. The van der Waals surface area contributed by atoms with Crippen molar-refractivity contribution in [3.63, 3.8) is 0 Å². The molecule has 7 heteroatoms. The van der Waals surface area contributed by atoms with Crippen LogP contribution in [0.25, 0.3) is 22.2 Å². The van der Waals surface area contributed by atoms with Gasteiger partial charge in [0.25, 0.3) is 0 Å². The van der Waals surface area contributed by atoms with Crippen LogP contribution in [0, 0.1) is 5.92 Å². The third-order valence-electron chi connectivity index (χ3n) is 4.24. The lowest BCUT2D eigenvalue weighted by Crippen LogP contribution is -2.13. The van der Waals surface area contributed by atoms with Crippen LogP contribution in [0.15, 0.2) is 47.1 Å². The third kappa shape index (κ3) is 3.12. The maximum atomic E-state index is 12.7. The molecule has 0 aliphatic heterocycles. The molecule has 27 heavy (non-hydrogen) atoms. The Bertz CT molecular complexity index is 1110. The second kappa shape index (κ2) is 6.75. The minimum atomic E-state index is -0.492. The van der Waals surface area contributed by atoms with Crippen LogP contribution in [0.2, 0.25) is 0 Å². The van der Waals surface area contributed by atoms with E-state index in [4.69, 9.17) is 14.9 Å². The fourth-order valence-corrected chi connectivity index (χ4v) is 2.95. The number of esters is 1. The first-order valence-electron chi connectivity index (χ1n) is 8.78. The van der Waals surface area contributed by atoms with Gasteiger partial charge < -0.3 is 19.5 Å². The smallest absolute Gasteiger partial charge is 0.344 e. The van der Waals surface area contributed by atoms with Gasteiger partial charge in [-0.3, -0.25) is 0 Å². The van der Waals surface area contributed by atoms with E-state index in [1.165, 1.54) is 0 Å². The van der Waals surface area contributed by atoms with Crippen molar-refractivity contribution in [1.29, 1.82) is 0 Å². The number of aromatic nitrogens is 3. The molecule has 0 saturated carbocycles. The SMILES string of the molecule is CC(C)COC(=O)c1c(N)n(Cc2ccco2)c2nc3ccccc3nc12. The van der Waals surface area contributed by atoms with Crippen LogP contribution in [0.4, 0.5) is 5.82 Å². The molecule has 1 aromatic carbocycles. The van der Waals surface area contributed by atoms with Gasteiger partial charge in [-0.15, -0.1) is 0 Å². The van der Waals surface area contributed by atoms with Crippen LogP contribution in [-0.2, 0) is 11.3 Å². The zero-order chi connectivity index (χ0) is 19.0. The minimum absolute atomic E-state index is 0.221. The number of fused-ring (bicyclic) bond motifs is 2. The van der Waals surface area contributed by atoms with E-state index < -0.39 is 5.97 Å². The average Bonchev–Trinajstić information content (AvgIpc) is 3.25. The van der Waals surface area contributed by atoms with Crippen molar-refractivity contribution in [2.24, 2.45) is 5.92 Å². The number of para-hydroxylation sites is 2. The molecule has 0 spiro atoms. The van der Waals surface area contributed by atoms with Crippen LogP contribution < -0.4 is 5.73 Å². The standard InChI is InChI=1S/C20H20N4O3/c1-12(2)11-27-20(25)16-17-19(23-15-8-4-3-7-14(15)22-17)24(18(16)21)10-13-6-5-9-26-13/h3-9,12H,10-11,21H2,1-2H3. The Morgan fingerprint density at radius 1 is 1.19 bits per heavy atom. The van der Waals surface area contributed by atoms with E-state index >= 15 is 0 Å². The zero-order valence-electron chi connectivity index (χ0n) is 15.2. The molecule has 7 nitrogen and oxygen atoms in total. The number of hydrogen-bond donors (Lipinski definition) is 1. The van der Waals surface area contributed by atoms with Gasteiger partial charge in [-0.2, -0.15) is 0 Å². The Hall–Kier alpha value is -3.35. The van der Waals surface area contributed by atoms with Crippen LogP contribution >= 0.6 is 0 Å². The summed E-state index contributed by atoms with van der Waals surface area (Å²) in [6.45, 7) is 4.61. The molecule has 0 aliphatic carbocycles. The summed E-state index contributed by atoms with van der Waals surface area (Å²) >= 11 is 0. The van der Waals surface area contributed by atoms with Crippen LogP contribution in [0.5, 0.6) is 0 Å². The molecule has 3 aromatic heterocycles. The number of hydrogen-bond acceptors (Lipinski definition) is 6. The second-order valence-corrected chi connectivity index (χ2v) is 6.80. The Morgan fingerprint density at radius 2 is 1.93 bits per heavy atom. The first-order chi connectivity index (χ1) is 13.0. The summed E-state index contributed by atoms with van der Waals surface area (Å²) in [5.74, 6) is 0.702. The van der Waals surface area contributed by atoms with E-state index in [9.17, 15) is 4.79 Å². The van der Waals surface area contributed by atoms with Crippen molar-refractivity contribution in [2.45, 2.75) is 20.4 Å². The number of rotatable bonds is 5. The van der Waals surface area contributed by atoms with E-state index in [0.29, 0.717) is 35.6 Å². The molecule has 2 N–H and O–H groups in total. The average molecular weight is 364 g/mol. The molecule has 0 aliphatic rings. The number of benzene rings is 1. The Balaban J connectivity index is 1.91. The highest BCUT2D eigenvalue weighted by atomic mass is 16.5. The summed E-state index contributed by atoms with van der Waals surface area (Å²) in [5, 5.41) is 0. The number of carbonyl (C=O) groups is 1. The fraction of sp³-hybridized carbons (Fsp3) is 0.250. The Kier molecular flexibility index (Phi) is 4.27. The quantitative estimate of drug-likeness (QED) is 0.543. The second-order valence-electron chi connectivity index (χ2n) is 6.80. The fourth-order valence-electron chi connectivity index (χ4n) is 2.95. The van der Waals surface area contributed by atoms with Crippen LogP contribution in [0.1, 0.15) is 30.0 Å². The van der Waals surface area contributed by atoms with E-state index in [0.717, 1.165) is 5.52 Å². The van der Waals surface area contributed by atoms with E-state index in [1.807, 2.05) is 44.2 Å². The lowest BCUT2D eigenvalue weighted by atomic mass is 10.2. The summed E-state index contributed by atoms with van der Waals surface area (Å²) < 4.78 is 12.6. The molecule has 0 radical (unpaired) electrons. The maximum absolute atomic E-state index is 12.7. The molecular weight excluding hydrogens is 344 g/mol. The first-order valence-corrected chi connectivity index (χ1v) is 8.78. The highest BCUT2D eigenvalue weighted by Crippen LogP contribution is 2.29. The predicted molar refractivity (Wildman–Crippen MR) is 102 cm³/mol. The molecule has 0 bridgehead atoms. The van der Waals surface area contributed by atoms with Crippen molar-refractivity contribution >= 4 is 34.0 Å². The minimum Gasteiger partial charge on any atom is -0.467 e. The lowest BCUT2D eigenvalue weighted by molar-refractivity contribution is 0.0462. The molecule has 4 rings (SSSR count). The maximum Gasteiger partial charge on any atom is 0.344 e. The van der Waals surface area contributed by atoms with Gasteiger partial charge in [0.15, 0.2) is 5.65 Å². The van der Waals surface area contributed by atoms with Crippen molar-refractivity contribution in [3.8, 4) is 0 Å². The topological polar surface area (TPSA) is 96.2 Å². The van der Waals surface area contributed by atoms with Gasteiger partial charge in [0.2, 0.25) is 0 Å². The number of carbonyl (C=O) groups excluding carboxylic acids is 1. The summed E-state index contributed by atoms with van der Waals surface area (Å²) in [5.41, 5.74) is 8.97. The Morgan fingerprint density at radius 3 is 2.59 bits per heavy atom. The molecular formula is C20H20N4O3. The Labute approximate surface area is 155 Å². The molecule has 3 heterocycles. The van der Waals surface area contributed by atoms with E-state index in [-0.39, 0.29) is 17.3 Å².